The van der Waals surface area contributed by atoms with Crippen LogP contribution in [0.1, 0.15) is 40.0 Å². The molecule has 0 saturated heterocycles. The highest BCUT2D eigenvalue weighted by Crippen LogP contribution is 2.31. The molecule has 146 valence electrons. The van der Waals surface area contributed by atoms with E-state index in [0.29, 0.717) is 16.9 Å². The molecule has 1 aromatic carbocycles. The van der Waals surface area contributed by atoms with Gasteiger partial charge in [0.05, 0.1) is 5.25 Å². The molecule has 1 heterocycles. The van der Waals surface area contributed by atoms with Gasteiger partial charge in [0.15, 0.2) is 11.0 Å². The summed E-state index contributed by atoms with van der Waals surface area (Å²) >= 11 is 7.39. The number of carbonyl (C=O) groups is 1. The predicted molar refractivity (Wildman–Crippen MR) is 111 cm³/mol. The molecule has 1 aliphatic carbocycles. The Bertz CT molecular complexity index is 792. The molecule has 5 nitrogen and oxygen atoms in total. The van der Waals surface area contributed by atoms with E-state index in [1.54, 1.807) is 0 Å². The van der Waals surface area contributed by atoms with E-state index < -0.39 is 0 Å². The number of amides is 1. The number of nitrogens with one attached hydrogen (secondary N) is 1. The van der Waals surface area contributed by atoms with Crippen LogP contribution in [0.5, 0.6) is 0 Å². The minimum absolute atomic E-state index is 0.0713. The van der Waals surface area contributed by atoms with Crippen molar-refractivity contribution in [3.05, 3.63) is 29.3 Å². The summed E-state index contributed by atoms with van der Waals surface area (Å²) in [4.78, 5) is 12.7. The fourth-order valence-corrected chi connectivity index (χ4v) is 4.52. The Labute approximate surface area is 170 Å². The standard InChI is InChI=1S/C20H27ClN4OS/c1-12-6-5-7-17(13(12)2)22-19(26)14(3)27-20-24-23-18(25(20)4)15-8-10-16(21)11-9-15/h8-14,17H,5-7H2,1-4H3,(H,22,26)/t12-,13-,14-,17+/m1/s1. The second-order valence-electron chi connectivity index (χ2n) is 7.51. The van der Waals surface area contributed by atoms with E-state index in [9.17, 15) is 4.79 Å². The van der Waals surface area contributed by atoms with E-state index in [0.717, 1.165) is 23.0 Å². The molecule has 1 N–H and O–H groups in total. The maximum Gasteiger partial charge on any atom is 0.233 e. The Morgan fingerprint density at radius 3 is 2.67 bits per heavy atom. The fourth-order valence-electron chi connectivity index (χ4n) is 3.57. The fraction of sp³-hybridized carbons (Fsp3) is 0.550. The van der Waals surface area contributed by atoms with Crippen molar-refractivity contribution in [2.45, 2.75) is 56.5 Å². The van der Waals surface area contributed by atoms with E-state index >= 15 is 0 Å². The minimum atomic E-state index is -0.226. The van der Waals surface area contributed by atoms with E-state index in [1.807, 2.05) is 42.8 Å². The van der Waals surface area contributed by atoms with Crippen LogP contribution >= 0.6 is 23.4 Å². The molecule has 0 unspecified atom stereocenters. The average Bonchev–Trinajstić information content (AvgIpc) is 3.00. The average molecular weight is 407 g/mol. The highest BCUT2D eigenvalue weighted by molar-refractivity contribution is 8.00. The lowest BCUT2D eigenvalue weighted by atomic mass is 9.78. The largest absolute Gasteiger partial charge is 0.352 e. The lowest BCUT2D eigenvalue weighted by molar-refractivity contribution is -0.121. The zero-order chi connectivity index (χ0) is 19.6. The van der Waals surface area contributed by atoms with E-state index in [4.69, 9.17) is 11.6 Å². The second-order valence-corrected chi connectivity index (χ2v) is 9.26. The molecular formula is C20H27ClN4OS. The van der Waals surface area contributed by atoms with E-state index in [2.05, 4.69) is 29.4 Å². The number of rotatable bonds is 5. The van der Waals surface area contributed by atoms with E-state index in [-0.39, 0.29) is 17.2 Å². The summed E-state index contributed by atoms with van der Waals surface area (Å²) in [5.41, 5.74) is 0.948. The molecule has 0 radical (unpaired) electrons. The summed E-state index contributed by atoms with van der Waals surface area (Å²) < 4.78 is 1.92. The van der Waals surface area contributed by atoms with Crippen LogP contribution in [0.4, 0.5) is 0 Å². The van der Waals surface area contributed by atoms with E-state index in [1.165, 1.54) is 24.6 Å². The first-order chi connectivity index (χ1) is 12.9. The van der Waals surface area contributed by atoms with Crippen molar-refractivity contribution in [1.29, 1.82) is 0 Å². The summed E-state index contributed by atoms with van der Waals surface area (Å²) in [5, 5.41) is 13.0. The molecule has 1 fully saturated rings. The van der Waals surface area contributed by atoms with Crippen LogP contribution in [0.25, 0.3) is 11.4 Å². The van der Waals surface area contributed by atoms with Crippen LogP contribution in [-0.2, 0) is 11.8 Å². The summed E-state index contributed by atoms with van der Waals surface area (Å²) in [5.74, 6) is 2.01. The minimum Gasteiger partial charge on any atom is -0.352 e. The number of benzene rings is 1. The SMILES string of the molecule is C[C@@H]1[C@H](C)CCC[C@@H]1NC(=O)[C@@H](C)Sc1nnc(-c2ccc(Cl)cc2)n1C. The molecule has 3 rings (SSSR count). The third-order valence-electron chi connectivity index (χ3n) is 5.62. The number of nitrogens with zero attached hydrogens (tertiary/aromatic N) is 3. The topological polar surface area (TPSA) is 59.8 Å². The van der Waals surface area contributed by atoms with Crippen LogP contribution in [0, 0.1) is 11.8 Å². The highest BCUT2D eigenvalue weighted by atomic mass is 35.5. The van der Waals surface area contributed by atoms with Crippen LogP contribution in [-0.4, -0.2) is 32.0 Å². The quantitative estimate of drug-likeness (QED) is 0.739. The second kappa shape index (κ2) is 8.65. The summed E-state index contributed by atoms with van der Waals surface area (Å²) in [6, 6.07) is 7.78. The van der Waals surface area contributed by atoms with Gasteiger partial charge in [0, 0.05) is 23.7 Å². The Hall–Kier alpha value is -1.53. The zero-order valence-electron chi connectivity index (χ0n) is 16.3. The Balaban J connectivity index is 1.64. The smallest absolute Gasteiger partial charge is 0.233 e. The van der Waals surface area contributed by atoms with Crippen LogP contribution < -0.4 is 5.32 Å². The summed E-state index contributed by atoms with van der Waals surface area (Å²) in [7, 11) is 1.92. The zero-order valence-corrected chi connectivity index (χ0v) is 17.8. The summed E-state index contributed by atoms with van der Waals surface area (Å²) in [6.07, 6.45) is 3.51. The molecule has 27 heavy (non-hydrogen) atoms. The van der Waals surface area contributed by atoms with Crippen molar-refractivity contribution in [1.82, 2.24) is 20.1 Å². The Morgan fingerprint density at radius 2 is 1.96 bits per heavy atom. The first-order valence-corrected chi connectivity index (χ1v) is 10.7. The normalized spacial score (nSPS) is 23.8. The van der Waals surface area contributed by atoms with Gasteiger partial charge in [-0.15, -0.1) is 10.2 Å². The molecule has 1 aliphatic rings. The van der Waals surface area contributed by atoms with Crippen molar-refractivity contribution in [2.75, 3.05) is 0 Å². The maximum absolute atomic E-state index is 12.7. The van der Waals surface area contributed by atoms with Crippen LogP contribution in [0.15, 0.2) is 29.4 Å². The van der Waals surface area contributed by atoms with Crippen LogP contribution in [0.3, 0.4) is 0 Å². The molecule has 1 amide bonds. The van der Waals surface area contributed by atoms with Gasteiger partial charge in [-0.2, -0.15) is 0 Å². The van der Waals surface area contributed by atoms with Gasteiger partial charge in [0.2, 0.25) is 5.91 Å². The van der Waals surface area contributed by atoms with Crippen molar-refractivity contribution in [3.63, 3.8) is 0 Å². The number of aromatic nitrogens is 3. The van der Waals surface area contributed by atoms with Crippen molar-refractivity contribution in [3.8, 4) is 11.4 Å². The number of thioether (sulfide) groups is 1. The molecule has 1 aromatic heterocycles. The molecule has 2 aromatic rings. The maximum atomic E-state index is 12.7. The van der Waals surface area contributed by atoms with Gasteiger partial charge >= 0.3 is 0 Å². The molecule has 7 heteroatoms. The first kappa shape index (κ1) is 20.2. The lowest BCUT2D eigenvalue weighted by Gasteiger charge is -2.35. The molecule has 0 bridgehead atoms. The molecule has 1 saturated carbocycles. The van der Waals surface area contributed by atoms with Gasteiger partial charge in [0.25, 0.3) is 0 Å². The van der Waals surface area contributed by atoms with Crippen LogP contribution in [0.2, 0.25) is 5.02 Å². The predicted octanol–water partition coefficient (Wildman–Crippen LogP) is 4.56. The van der Waals surface area contributed by atoms with Gasteiger partial charge in [-0.05, 0) is 49.4 Å². The molecular weight excluding hydrogens is 380 g/mol. The number of halogens is 1. The number of hydrogen-bond donors (Lipinski definition) is 1. The monoisotopic (exact) mass is 406 g/mol. The van der Waals surface area contributed by atoms with Gasteiger partial charge in [-0.25, -0.2) is 0 Å². The molecule has 0 spiro atoms. The van der Waals surface area contributed by atoms with Gasteiger partial charge in [-0.3, -0.25) is 4.79 Å². The number of hydrogen-bond acceptors (Lipinski definition) is 4. The summed E-state index contributed by atoms with van der Waals surface area (Å²) in [6.45, 7) is 6.44. The van der Waals surface area contributed by atoms with Gasteiger partial charge < -0.3 is 9.88 Å². The highest BCUT2D eigenvalue weighted by Gasteiger charge is 2.30. The van der Waals surface area contributed by atoms with Crippen molar-refractivity contribution in [2.24, 2.45) is 18.9 Å². The van der Waals surface area contributed by atoms with Gasteiger partial charge in [0.1, 0.15) is 0 Å². The third-order valence-corrected chi connectivity index (χ3v) is 7.01. The van der Waals surface area contributed by atoms with Gasteiger partial charge in [-0.1, -0.05) is 50.1 Å². The first-order valence-electron chi connectivity index (χ1n) is 9.49. The van der Waals surface area contributed by atoms with Crippen molar-refractivity contribution < 1.29 is 4.79 Å². The Kier molecular flexibility index (Phi) is 6.48. The third kappa shape index (κ3) is 4.66. The number of carbonyl (C=O) groups excluding carboxylic acids is 1. The molecule has 0 aliphatic heterocycles. The Morgan fingerprint density at radius 1 is 1.26 bits per heavy atom. The lowest BCUT2D eigenvalue weighted by Crippen LogP contribution is -2.46. The van der Waals surface area contributed by atoms with Crippen molar-refractivity contribution >= 4 is 29.3 Å². The molecule has 4 atom stereocenters.